The lowest BCUT2D eigenvalue weighted by Gasteiger charge is -2.32. The Labute approximate surface area is 114 Å². The van der Waals surface area contributed by atoms with Gasteiger partial charge in [-0.25, -0.2) is 13.4 Å². The van der Waals surface area contributed by atoms with Crippen LogP contribution in [-0.2, 0) is 10.0 Å². The molecule has 0 saturated carbocycles. The van der Waals surface area contributed by atoms with Gasteiger partial charge in [-0.1, -0.05) is 6.07 Å². The number of sulfonamides is 1. The highest BCUT2D eigenvalue weighted by atomic mass is 35.5. The van der Waals surface area contributed by atoms with Crippen molar-refractivity contribution in [3.8, 4) is 0 Å². The van der Waals surface area contributed by atoms with Gasteiger partial charge in [0.05, 0.1) is 0 Å². The molecule has 1 unspecified atom stereocenters. The third-order valence-corrected chi connectivity index (χ3v) is 4.83. The van der Waals surface area contributed by atoms with Crippen molar-refractivity contribution in [2.24, 2.45) is 0 Å². The molecule has 1 aliphatic heterocycles. The lowest BCUT2D eigenvalue weighted by Crippen LogP contribution is -2.52. The number of hydrogen-bond acceptors (Lipinski definition) is 4. The summed E-state index contributed by atoms with van der Waals surface area (Å²) < 4.78 is 26.2. The van der Waals surface area contributed by atoms with Crippen LogP contribution in [0, 0.1) is 6.92 Å². The highest BCUT2D eigenvalue weighted by Gasteiger charge is 2.31. The van der Waals surface area contributed by atoms with E-state index in [1.54, 1.807) is 18.3 Å². The number of piperazine rings is 1. The quantitative estimate of drug-likeness (QED) is 0.875. The summed E-state index contributed by atoms with van der Waals surface area (Å²) >= 11 is 0. The normalized spacial score (nSPS) is 21.3. The van der Waals surface area contributed by atoms with Crippen molar-refractivity contribution in [1.29, 1.82) is 0 Å². The molecule has 0 spiro atoms. The van der Waals surface area contributed by atoms with Gasteiger partial charge < -0.3 is 5.32 Å². The van der Waals surface area contributed by atoms with Gasteiger partial charge >= 0.3 is 0 Å². The molecular formula is C11H18ClN3O2S. The van der Waals surface area contributed by atoms with E-state index >= 15 is 0 Å². The molecular weight excluding hydrogens is 274 g/mol. The Balaban J connectivity index is 0.00000162. The lowest BCUT2D eigenvalue weighted by molar-refractivity contribution is 0.283. The van der Waals surface area contributed by atoms with E-state index < -0.39 is 10.0 Å². The van der Waals surface area contributed by atoms with Gasteiger partial charge in [0.15, 0.2) is 5.03 Å². The molecule has 2 heterocycles. The first kappa shape index (κ1) is 15.4. The van der Waals surface area contributed by atoms with Crippen molar-refractivity contribution in [2.75, 3.05) is 19.6 Å². The van der Waals surface area contributed by atoms with E-state index in [9.17, 15) is 8.42 Å². The summed E-state index contributed by atoms with van der Waals surface area (Å²) in [5, 5.41) is 3.31. The largest absolute Gasteiger partial charge is 0.314 e. The first-order chi connectivity index (χ1) is 8.01. The Morgan fingerprint density at radius 1 is 1.44 bits per heavy atom. The Morgan fingerprint density at radius 3 is 2.72 bits per heavy atom. The minimum Gasteiger partial charge on any atom is -0.314 e. The number of hydrogen-bond donors (Lipinski definition) is 1. The van der Waals surface area contributed by atoms with Crippen molar-refractivity contribution in [1.82, 2.24) is 14.6 Å². The van der Waals surface area contributed by atoms with Gasteiger partial charge in [-0.3, -0.25) is 0 Å². The molecule has 5 nitrogen and oxygen atoms in total. The van der Waals surface area contributed by atoms with Gasteiger partial charge in [0.1, 0.15) is 0 Å². The predicted octanol–water partition coefficient (Wildman–Crippen LogP) is 0.794. The van der Waals surface area contributed by atoms with Crippen LogP contribution in [0.1, 0.15) is 12.5 Å². The van der Waals surface area contributed by atoms with E-state index in [-0.39, 0.29) is 23.5 Å². The second-order valence-corrected chi connectivity index (χ2v) is 6.18. The van der Waals surface area contributed by atoms with Gasteiger partial charge in [-0.15, -0.1) is 12.4 Å². The zero-order chi connectivity index (χ0) is 12.5. The summed E-state index contributed by atoms with van der Waals surface area (Å²) in [6, 6.07) is 3.31. The summed E-state index contributed by atoms with van der Waals surface area (Å²) in [6.45, 7) is 5.66. The summed E-state index contributed by atoms with van der Waals surface area (Å²) in [4.78, 5) is 4.01. The Kier molecular flexibility index (Phi) is 5.10. The fraction of sp³-hybridized carbons (Fsp3) is 0.545. The molecule has 1 fully saturated rings. The monoisotopic (exact) mass is 291 g/mol. The third-order valence-electron chi connectivity index (χ3n) is 2.90. The molecule has 1 aromatic rings. The van der Waals surface area contributed by atoms with E-state index in [2.05, 4.69) is 10.3 Å². The topological polar surface area (TPSA) is 62.3 Å². The predicted molar refractivity (Wildman–Crippen MR) is 72.4 cm³/mol. The standard InChI is InChI=1S/C11H17N3O2S.ClH/c1-9-3-4-11(13-7-9)17(15,16)14-6-5-12-8-10(14)2;/h3-4,7,10,12H,5-6,8H2,1-2H3;1H. The second-order valence-electron chi connectivity index (χ2n) is 4.34. The van der Waals surface area contributed by atoms with Crippen molar-refractivity contribution in [2.45, 2.75) is 24.9 Å². The molecule has 1 N–H and O–H groups in total. The summed E-state index contributed by atoms with van der Waals surface area (Å²) in [5.74, 6) is 0. The fourth-order valence-electron chi connectivity index (χ4n) is 1.91. The highest BCUT2D eigenvalue weighted by Crippen LogP contribution is 2.17. The highest BCUT2D eigenvalue weighted by molar-refractivity contribution is 7.89. The number of aromatic nitrogens is 1. The third kappa shape index (κ3) is 3.00. The molecule has 0 radical (unpaired) electrons. The SMILES string of the molecule is Cc1ccc(S(=O)(=O)N2CCNCC2C)nc1.Cl. The molecule has 1 atom stereocenters. The molecule has 1 aliphatic rings. The molecule has 0 bridgehead atoms. The van der Waals surface area contributed by atoms with E-state index in [4.69, 9.17) is 0 Å². The van der Waals surface area contributed by atoms with Gasteiger partial charge in [0.25, 0.3) is 10.0 Å². The van der Waals surface area contributed by atoms with Crippen LogP contribution in [0.3, 0.4) is 0 Å². The zero-order valence-electron chi connectivity index (χ0n) is 10.5. The average Bonchev–Trinajstić information content (AvgIpc) is 2.30. The van der Waals surface area contributed by atoms with Crippen molar-refractivity contribution >= 4 is 22.4 Å². The van der Waals surface area contributed by atoms with Crippen LogP contribution >= 0.6 is 12.4 Å². The van der Waals surface area contributed by atoms with E-state index in [1.165, 1.54) is 4.31 Å². The van der Waals surface area contributed by atoms with Crippen LogP contribution in [0.4, 0.5) is 0 Å². The van der Waals surface area contributed by atoms with Crippen LogP contribution in [-0.4, -0.2) is 43.4 Å². The maximum atomic E-state index is 12.3. The van der Waals surface area contributed by atoms with Gasteiger partial charge in [0.2, 0.25) is 0 Å². The maximum absolute atomic E-state index is 12.3. The van der Waals surface area contributed by atoms with Gasteiger partial charge in [0, 0.05) is 31.9 Å². The smallest absolute Gasteiger partial charge is 0.260 e. The number of nitrogens with zero attached hydrogens (tertiary/aromatic N) is 2. The Hall–Kier alpha value is -0.690. The van der Waals surface area contributed by atoms with Crippen LogP contribution in [0.5, 0.6) is 0 Å². The van der Waals surface area contributed by atoms with Crippen LogP contribution in [0.2, 0.25) is 0 Å². The van der Waals surface area contributed by atoms with Gasteiger partial charge in [-0.2, -0.15) is 4.31 Å². The lowest BCUT2D eigenvalue weighted by atomic mass is 10.3. The second kappa shape index (κ2) is 5.97. The van der Waals surface area contributed by atoms with E-state index in [0.717, 1.165) is 5.56 Å². The van der Waals surface area contributed by atoms with Crippen LogP contribution in [0.15, 0.2) is 23.4 Å². The number of aryl methyl sites for hydroxylation is 1. The van der Waals surface area contributed by atoms with Gasteiger partial charge in [-0.05, 0) is 25.5 Å². The molecule has 1 saturated heterocycles. The Morgan fingerprint density at radius 2 is 2.17 bits per heavy atom. The number of halogens is 1. The summed E-state index contributed by atoms with van der Waals surface area (Å²) in [5.41, 5.74) is 0.956. The molecule has 102 valence electrons. The van der Waals surface area contributed by atoms with E-state index in [0.29, 0.717) is 19.6 Å². The fourth-order valence-corrected chi connectivity index (χ4v) is 3.45. The molecule has 0 amide bonds. The van der Waals surface area contributed by atoms with Crippen molar-refractivity contribution in [3.05, 3.63) is 23.9 Å². The van der Waals surface area contributed by atoms with Crippen LogP contribution in [0.25, 0.3) is 0 Å². The number of nitrogens with one attached hydrogen (secondary N) is 1. The van der Waals surface area contributed by atoms with Crippen molar-refractivity contribution < 1.29 is 8.42 Å². The number of pyridine rings is 1. The zero-order valence-corrected chi connectivity index (χ0v) is 12.1. The minimum atomic E-state index is -3.45. The Bertz CT molecular complexity index is 490. The first-order valence-electron chi connectivity index (χ1n) is 5.67. The number of rotatable bonds is 2. The summed E-state index contributed by atoms with van der Waals surface area (Å²) in [6.07, 6.45) is 1.58. The minimum absolute atomic E-state index is 0. The molecule has 1 aromatic heterocycles. The molecule has 0 aliphatic carbocycles. The average molecular weight is 292 g/mol. The maximum Gasteiger partial charge on any atom is 0.260 e. The molecule has 2 rings (SSSR count). The molecule has 7 heteroatoms. The van der Waals surface area contributed by atoms with E-state index in [1.807, 2.05) is 13.8 Å². The van der Waals surface area contributed by atoms with Crippen LogP contribution < -0.4 is 5.32 Å². The molecule has 0 aromatic carbocycles. The van der Waals surface area contributed by atoms with Crippen molar-refractivity contribution in [3.63, 3.8) is 0 Å². The first-order valence-corrected chi connectivity index (χ1v) is 7.11. The molecule has 18 heavy (non-hydrogen) atoms. The summed E-state index contributed by atoms with van der Waals surface area (Å²) in [7, 11) is -3.45.